The van der Waals surface area contributed by atoms with Gasteiger partial charge in [-0.05, 0) is 31.3 Å². The highest BCUT2D eigenvalue weighted by atomic mass is 32.2. The number of carbonyl (C=O) groups is 1. The average molecular weight is 313 g/mol. The van der Waals surface area contributed by atoms with Crippen molar-refractivity contribution in [1.82, 2.24) is 9.71 Å². The van der Waals surface area contributed by atoms with Gasteiger partial charge in [-0.3, -0.25) is 10.1 Å². The fourth-order valence-electron chi connectivity index (χ4n) is 1.33. The minimum atomic E-state index is -3.62. The predicted octanol–water partition coefficient (Wildman–Crippen LogP) is 1.01. The second-order valence-corrected chi connectivity index (χ2v) is 6.39. The number of phenols is 1. The van der Waals surface area contributed by atoms with Gasteiger partial charge in [0.25, 0.3) is 15.9 Å². The highest BCUT2D eigenvalue weighted by molar-refractivity contribution is 7.89. The number of thiazole rings is 1. The van der Waals surface area contributed by atoms with E-state index in [0.717, 1.165) is 11.3 Å². The van der Waals surface area contributed by atoms with Gasteiger partial charge in [-0.25, -0.2) is 18.1 Å². The highest BCUT2D eigenvalue weighted by Gasteiger charge is 2.17. The molecule has 0 aliphatic rings. The predicted molar refractivity (Wildman–Crippen MR) is 74.4 cm³/mol. The third-order valence-electron chi connectivity index (χ3n) is 2.38. The van der Waals surface area contributed by atoms with E-state index in [4.69, 9.17) is 5.11 Å². The first-order valence-corrected chi connectivity index (χ1v) is 7.78. The highest BCUT2D eigenvalue weighted by Crippen LogP contribution is 2.20. The molecule has 7 nitrogen and oxygen atoms in total. The number of rotatable bonds is 4. The summed E-state index contributed by atoms with van der Waals surface area (Å²) in [5.74, 6) is -0.383. The maximum atomic E-state index is 11.9. The number of hydrogen-bond donors (Lipinski definition) is 3. The van der Waals surface area contributed by atoms with E-state index in [1.165, 1.54) is 36.7 Å². The first kappa shape index (κ1) is 14.4. The summed E-state index contributed by atoms with van der Waals surface area (Å²) in [7, 11) is -2.34. The van der Waals surface area contributed by atoms with E-state index < -0.39 is 15.9 Å². The summed E-state index contributed by atoms with van der Waals surface area (Å²) in [5.41, 5.74) is 0.330. The van der Waals surface area contributed by atoms with Gasteiger partial charge in [0.05, 0.1) is 0 Å². The quantitative estimate of drug-likeness (QED) is 0.780. The summed E-state index contributed by atoms with van der Waals surface area (Å²) >= 11 is 1.01. The molecule has 20 heavy (non-hydrogen) atoms. The SMILES string of the molecule is CNS(=O)(=O)c1csc(NC(=O)c2ccc(O)cc2)n1. The van der Waals surface area contributed by atoms with E-state index >= 15 is 0 Å². The van der Waals surface area contributed by atoms with Crippen LogP contribution in [0.1, 0.15) is 10.4 Å². The Balaban J connectivity index is 2.15. The summed E-state index contributed by atoms with van der Waals surface area (Å²) in [6.45, 7) is 0. The lowest BCUT2D eigenvalue weighted by atomic mass is 10.2. The Morgan fingerprint density at radius 3 is 2.55 bits per heavy atom. The minimum Gasteiger partial charge on any atom is -0.508 e. The third kappa shape index (κ3) is 3.13. The molecule has 0 saturated carbocycles. The molecule has 0 unspecified atom stereocenters. The average Bonchev–Trinajstić information content (AvgIpc) is 2.88. The Morgan fingerprint density at radius 1 is 1.30 bits per heavy atom. The van der Waals surface area contributed by atoms with Crippen molar-refractivity contribution in [3.05, 3.63) is 35.2 Å². The van der Waals surface area contributed by atoms with Gasteiger partial charge in [-0.1, -0.05) is 0 Å². The van der Waals surface area contributed by atoms with E-state index in [1.807, 2.05) is 0 Å². The van der Waals surface area contributed by atoms with Gasteiger partial charge >= 0.3 is 0 Å². The van der Waals surface area contributed by atoms with Crippen LogP contribution in [0.25, 0.3) is 0 Å². The molecule has 0 radical (unpaired) electrons. The number of benzene rings is 1. The van der Waals surface area contributed by atoms with Gasteiger partial charge in [0.1, 0.15) is 5.75 Å². The zero-order chi connectivity index (χ0) is 14.8. The maximum absolute atomic E-state index is 11.9. The number of nitrogens with zero attached hydrogens (tertiary/aromatic N) is 1. The van der Waals surface area contributed by atoms with Crippen molar-refractivity contribution < 1.29 is 18.3 Å². The van der Waals surface area contributed by atoms with Crippen LogP contribution < -0.4 is 10.0 Å². The normalized spacial score (nSPS) is 11.2. The fourth-order valence-corrected chi connectivity index (χ4v) is 3.02. The molecule has 1 amide bonds. The lowest BCUT2D eigenvalue weighted by Gasteiger charge is -2.01. The van der Waals surface area contributed by atoms with Gasteiger partial charge in [0, 0.05) is 10.9 Å². The van der Waals surface area contributed by atoms with Gasteiger partial charge in [0.15, 0.2) is 10.2 Å². The summed E-state index contributed by atoms with van der Waals surface area (Å²) in [4.78, 5) is 15.7. The number of sulfonamides is 1. The smallest absolute Gasteiger partial charge is 0.258 e. The minimum absolute atomic E-state index is 0.0539. The molecule has 1 heterocycles. The molecule has 0 bridgehead atoms. The summed E-state index contributed by atoms with van der Waals surface area (Å²) < 4.78 is 25.1. The van der Waals surface area contributed by atoms with Crippen molar-refractivity contribution in [2.24, 2.45) is 0 Å². The number of aromatic nitrogens is 1. The van der Waals surface area contributed by atoms with Gasteiger partial charge < -0.3 is 5.11 Å². The number of carbonyl (C=O) groups excluding carboxylic acids is 1. The van der Waals surface area contributed by atoms with Crippen LogP contribution >= 0.6 is 11.3 Å². The zero-order valence-corrected chi connectivity index (χ0v) is 12.0. The zero-order valence-electron chi connectivity index (χ0n) is 10.3. The van der Waals surface area contributed by atoms with Crippen molar-refractivity contribution in [3.63, 3.8) is 0 Å². The molecule has 9 heteroatoms. The Morgan fingerprint density at radius 2 is 1.95 bits per heavy atom. The number of nitrogens with one attached hydrogen (secondary N) is 2. The van der Waals surface area contributed by atoms with E-state index in [1.54, 1.807) is 0 Å². The Hall–Kier alpha value is -1.97. The van der Waals surface area contributed by atoms with Gasteiger partial charge in [-0.15, -0.1) is 11.3 Å². The van der Waals surface area contributed by atoms with E-state index in [9.17, 15) is 13.2 Å². The van der Waals surface area contributed by atoms with Crippen LogP contribution in [0.4, 0.5) is 5.13 Å². The topological polar surface area (TPSA) is 108 Å². The molecule has 3 N–H and O–H groups in total. The standard InChI is InChI=1S/C11H11N3O4S2/c1-12-20(17,18)9-6-19-11(13-9)14-10(16)7-2-4-8(15)5-3-7/h2-6,12,15H,1H3,(H,13,14,16). The molecule has 0 fully saturated rings. The monoisotopic (exact) mass is 313 g/mol. The van der Waals surface area contributed by atoms with Crippen molar-refractivity contribution in [2.45, 2.75) is 5.03 Å². The lowest BCUT2D eigenvalue weighted by molar-refractivity contribution is 0.102. The molecule has 2 aromatic rings. The number of aromatic hydroxyl groups is 1. The second kappa shape index (κ2) is 5.57. The van der Waals surface area contributed by atoms with Crippen molar-refractivity contribution in [1.29, 1.82) is 0 Å². The van der Waals surface area contributed by atoms with Crippen LogP contribution in [0.15, 0.2) is 34.7 Å². The molecule has 0 aliphatic heterocycles. The summed E-state index contributed by atoms with van der Waals surface area (Å²) in [6.07, 6.45) is 0. The van der Waals surface area contributed by atoms with Crippen molar-refractivity contribution >= 4 is 32.4 Å². The van der Waals surface area contributed by atoms with Crippen molar-refractivity contribution in [3.8, 4) is 5.75 Å². The summed E-state index contributed by atoms with van der Waals surface area (Å²) in [6, 6.07) is 5.66. The first-order valence-electron chi connectivity index (χ1n) is 5.42. The maximum Gasteiger partial charge on any atom is 0.258 e. The van der Waals surface area contributed by atoms with Crippen LogP contribution in [0.2, 0.25) is 0 Å². The molecule has 1 aromatic carbocycles. The third-order valence-corrected chi connectivity index (χ3v) is 4.58. The van der Waals surface area contributed by atoms with E-state index in [-0.39, 0.29) is 15.9 Å². The van der Waals surface area contributed by atoms with E-state index in [2.05, 4.69) is 15.0 Å². The molecule has 0 aliphatic carbocycles. The molecule has 2 rings (SSSR count). The van der Waals surface area contributed by atoms with Gasteiger partial charge in [0.2, 0.25) is 0 Å². The summed E-state index contributed by atoms with van der Waals surface area (Å²) in [5, 5.41) is 13.0. The number of hydrogen-bond acceptors (Lipinski definition) is 6. The molecule has 1 aromatic heterocycles. The lowest BCUT2D eigenvalue weighted by Crippen LogP contribution is -2.19. The Labute approximate surface area is 119 Å². The molecule has 106 valence electrons. The largest absolute Gasteiger partial charge is 0.508 e. The first-order chi connectivity index (χ1) is 9.42. The number of phenolic OH excluding ortho intramolecular Hbond substituents is 1. The van der Waals surface area contributed by atoms with Crippen LogP contribution in [-0.4, -0.2) is 31.5 Å². The molecule has 0 spiro atoms. The fraction of sp³-hybridized carbons (Fsp3) is 0.0909. The van der Waals surface area contributed by atoms with Crippen LogP contribution in [0.3, 0.4) is 0 Å². The molecular weight excluding hydrogens is 302 g/mol. The van der Waals surface area contributed by atoms with Gasteiger partial charge in [-0.2, -0.15) is 0 Å². The Kier molecular flexibility index (Phi) is 4.02. The molecule has 0 saturated heterocycles. The Bertz CT molecular complexity index is 722. The van der Waals surface area contributed by atoms with Crippen molar-refractivity contribution in [2.75, 3.05) is 12.4 Å². The van der Waals surface area contributed by atoms with Crippen LogP contribution in [0, 0.1) is 0 Å². The van der Waals surface area contributed by atoms with E-state index in [0.29, 0.717) is 5.56 Å². The van der Waals surface area contributed by atoms with Crippen LogP contribution in [0.5, 0.6) is 5.75 Å². The second-order valence-electron chi connectivity index (χ2n) is 3.70. The number of anilines is 1. The number of amides is 1. The van der Waals surface area contributed by atoms with Crippen LogP contribution in [-0.2, 0) is 10.0 Å². The molecular formula is C11H11N3O4S2. The molecule has 0 atom stereocenters.